The van der Waals surface area contributed by atoms with Gasteiger partial charge in [-0.2, -0.15) is 0 Å². The van der Waals surface area contributed by atoms with Crippen molar-refractivity contribution in [1.82, 2.24) is 20.4 Å². The molecule has 1 atom stereocenters. The van der Waals surface area contributed by atoms with Crippen LogP contribution in [0, 0.1) is 5.92 Å². The van der Waals surface area contributed by atoms with Gasteiger partial charge < -0.3 is 15.5 Å². The van der Waals surface area contributed by atoms with Crippen LogP contribution < -0.4 is 10.6 Å². The van der Waals surface area contributed by atoms with Gasteiger partial charge in [0.1, 0.15) is 0 Å². The number of urea groups is 1. The predicted molar refractivity (Wildman–Crippen MR) is 109 cm³/mol. The Morgan fingerprint density at radius 3 is 2.22 bits per heavy atom. The Hall–Kier alpha value is -2.08. The van der Waals surface area contributed by atoms with E-state index >= 15 is 0 Å². The average Bonchev–Trinajstić information content (AvgIpc) is 2.62. The first-order chi connectivity index (χ1) is 12.9. The zero-order chi connectivity index (χ0) is 19.8. The fourth-order valence-electron chi connectivity index (χ4n) is 3.36. The number of amides is 3. The van der Waals surface area contributed by atoms with Crippen LogP contribution in [0.15, 0.2) is 24.3 Å². The summed E-state index contributed by atoms with van der Waals surface area (Å²) in [6, 6.07) is 8.48. The molecule has 27 heavy (non-hydrogen) atoms. The molecule has 1 aliphatic rings. The quantitative estimate of drug-likeness (QED) is 0.770. The molecule has 0 aromatic heterocycles. The van der Waals surface area contributed by atoms with Gasteiger partial charge in [0.15, 0.2) is 0 Å². The molecule has 0 radical (unpaired) electrons. The summed E-state index contributed by atoms with van der Waals surface area (Å²) in [6.07, 6.45) is 1.07. The molecule has 6 heteroatoms. The van der Waals surface area contributed by atoms with Crippen LogP contribution in [0.5, 0.6) is 0 Å². The number of nitrogens with one attached hydrogen (secondary N) is 2. The fraction of sp³-hybridized carbons (Fsp3) is 0.619. The minimum atomic E-state index is -0.0175. The standard InChI is InChI=1S/C21H34N4O2/c1-5-22-21(27)25-12-10-24(11-13-25)15-20(26)23-17(4)19-8-6-18(7-9-19)14-16(2)3/h6-9,16-17H,5,10-15H2,1-4H3,(H,22,27)(H,23,26). The molecule has 1 fully saturated rings. The van der Waals surface area contributed by atoms with Crippen molar-refractivity contribution in [3.8, 4) is 0 Å². The van der Waals surface area contributed by atoms with Crippen LogP contribution in [-0.4, -0.2) is 61.0 Å². The van der Waals surface area contributed by atoms with Crippen molar-refractivity contribution in [2.45, 2.75) is 40.2 Å². The highest BCUT2D eigenvalue weighted by Gasteiger charge is 2.22. The van der Waals surface area contributed by atoms with Crippen LogP contribution >= 0.6 is 0 Å². The first-order valence-electron chi connectivity index (χ1n) is 10.0. The van der Waals surface area contributed by atoms with Crippen molar-refractivity contribution in [2.24, 2.45) is 5.92 Å². The Bertz CT molecular complexity index is 607. The lowest BCUT2D eigenvalue weighted by atomic mass is 10.00. The molecule has 150 valence electrons. The molecular weight excluding hydrogens is 340 g/mol. The molecule has 1 aromatic carbocycles. The first-order valence-corrected chi connectivity index (χ1v) is 10.0. The van der Waals surface area contributed by atoms with Crippen molar-refractivity contribution in [1.29, 1.82) is 0 Å². The maximum atomic E-state index is 12.4. The Kier molecular flexibility index (Phi) is 8.10. The fourth-order valence-corrected chi connectivity index (χ4v) is 3.36. The second-order valence-electron chi connectivity index (χ2n) is 7.73. The minimum absolute atomic E-state index is 0.0118. The Labute approximate surface area is 163 Å². The molecule has 1 saturated heterocycles. The normalized spacial score (nSPS) is 16.3. The lowest BCUT2D eigenvalue weighted by molar-refractivity contribution is -0.123. The lowest BCUT2D eigenvalue weighted by Gasteiger charge is -2.34. The number of piperazine rings is 1. The predicted octanol–water partition coefficient (Wildman–Crippen LogP) is 2.41. The highest BCUT2D eigenvalue weighted by atomic mass is 16.2. The molecule has 0 spiro atoms. The van der Waals surface area contributed by atoms with Gasteiger partial charge in [-0.3, -0.25) is 9.69 Å². The number of rotatable bonds is 7. The molecule has 0 saturated carbocycles. The van der Waals surface area contributed by atoms with E-state index in [9.17, 15) is 9.59 Å². The molecule has 3 amide bonds. The second-order valence-corrected chi connectivity index (χ2v) is 7.73. The van der Waals surface area contributed by atoms with Crippen LogP contribution in [0.2, 0.25) is 0 Å². The average molecular weight is 375 g/mol. The summed E-state index contributed by atoms with van der Waals surface area (Å²) in [5, 5.41) is 5.90. The molecular formula is C21H34N4O2. The molecule has 1 heterocycles. The zero-order valence-corrected chi connectivity index (χ0v) is 17.1. The van der Waals surface area contributed by atoms with Crippen LogP contribution in [0.3, 0.4) is 0 Å². The van der Waals surface area contributed by atoms with E-state index in [4.69, 9.17) is 0 Å². The molecule has 0 bridgehead atoms. The maximum absolute atomic E-state index is 12.4. The Morgan fingerprint density at radius 1 is 1.04 bits per heavy atom. The third-order valence-electron chi connectivity index (χ3n) is 4.86. The van der Waals surface area contributed by atoms with Gasteiger partial charge in [0.05, 0.1) is 12.6 Å². The van der Waals surface area contributed by atoms with E-state index in [1.807, 2.05) is 13.8 Å². The molecule has 2 N–H and O–H groups in total. The summed E-state index contributed by atoms with van der Waals surface area (Å²) in [4.78, 5) is 28.1. The third kappa shape index (κ3) is 6.86. The van der Waals surface area contributed by atoms with Crippen molar-refractivity contribution >= 4 is 11.9 Å². The van der Waals surface area contributed by atoms with E-state index in [0.717, 1.165) is 25.1 Å². The monoisotopic (exact) mass is 374 g/mol. The van der Waals surface area contributed by atoms with Gasteiger partial charge in [0.2, 0.25) is 5.91 Å². The minimum Gasteiger partial charge on any atom is -0.348 e. The van der Waals surface area contributed by atoms with E-state index < -0.39 is 0 Å². The van der Waals surface area contributed by atoms with Gasteiger partial charge in [-0.05, 0) is 37.3 Å². The van der Waals surface area contributed by atoms with Crippen LogP contribution in [0.1, 0.15) is 44.9 Å². The third-order valence-corrected chi connectivity index (χ3v) is 4.86. The number of nitrogens with zero attached hydrogens (tertiary/aromatic N) is 2. The summed E-state index contributed by atoms with van der Waals surface area (Å²) in [5.41, 5.74) is 2.45. The maximum Gasteiger partial charge on any atom is 0.317 e. The van der Waals surface area contributed by atoms with E-state index in [1.165, 1.54) is 5.56 Å². The highest BCUT2D eigenvalue weighted by molar-refractivity contribution is 5.78. The van der Waals surface area contributed by atoms with E-state index in [1.54, 1.807) is 4.90 Å². The summed E-state index contributed by atoms with van der Waals surface area (Å²) in [5.74, 6) is 0.668. The summed E-state index contributed by atoms with van der Waals surface area (Å²) in [7, 11) is 0. The van der Waals surface area contributed by atoms with Gasteiger partial charge in [0, 0.05) is 32.7 Å². The van der Waals surface area contributed by atoms with Gasteiger partial charge in [-0.15, -0.1) is 0 Å². The largest absolute Gasteiger partial charge is 0.348 e. The van der Waals surface area contributed by atoms with Crippen molar-refractivity contribution in [3.05, 3.63) is 35.4 Å². The van der Waals surface area contributed by atoms with Crippen LogP contribution in [-0.2, 0) is 11.2 Å². The summed E-state index contributed by atoms with van der Waals surface area (Å²) >= 11 is 0. The summed E-state index contributed by atoms with van der Waals surface area (Å²) in [6.45, 7) is 12.1. The van der Waals surface area contributed by atoms with Gasteiger partial charge in [-0.1, -0.05) is 38.1 Å². The van der Waals surface area contributed by atoms with Crippen molar-refractivity contribution < 1.29 is 9.59 Å². The Morgan fingerprint density at radius 2 is 1.67 bits per heavy atom. The van der Waals surface area contributed by atoms with Gasteiger partial charge in [-0.25, -0.2) is 4.79 Å². The van der Waals surface area contributed by atoms with Crippen LogP contribution in [0.4, 0.5) is 4.79 Å². The van der Waals surface area contributed by atoms with Gasteiger partial charge >= 0.3 is 6.03 Å². The molecule has 2 rings (SSSR count). The van der Waals surface area contributed by atoms with E-state index in [0.29, 0.717) is 32.1 Å². The number of carbonyl (C=O) groups excluding carboxylic acids is 2. The number of benzene rings is 1. The molecule has 1 aliphatic heterocycles. The van der Waals surface area contributed by atoms with Crippen molar-refractivity contribution in [2.75, 3.05) is 39.3 Å². The number of hydrogen-bond acceptors (Lipinski definition) is 3. The lowest BCUT2D eigenvalue weighted by Crippen LogP contribution is -2.53. The first kappa shape index (κ1) is 21.2. The topological polar surface area (TPSA) is 64.7 Å². The van der Waals surface area contributed by atoms with Gasteiger partial charge in [0.25, 0.3) is 0 Å². The molecule has 0 aliphatic carbocycles. The number of hydrogen-bond donors (Lipinski definition) is 2. The van der Waals surface area contributed by atoms with Crippen LogP contribution in [0.25, 0.3) is 0 Å². The zero-order valence-electron chi connectivity index (χ0n) is 17.1. The Balaban J connectivity index is 1.76. The smallest absolute Gasteiger partial charge is 0.317 e. The summed E-state index contributed by atoms with van der Waals surface area (Å²) < 4.78 is 0. The van der Waals surface area contributed by atoms with E-state index in [-0.39, 0.29) is 18.0 Å². The number of carbonyl (C=O) groups is 2. The SMILES string of the molecule is CCNC(=O)N1CCN(CC(=O)NC(C)c2ccc(CC(C)C)cc2)CC1. The second kappa shape index (κ2) is 10.3. The van der Waals surface area contributed by atoms with Crippen molar-refractivity contribution in [3.63, 3.8) is 0 Å². The van der Waals surface area contributed by atoms with E-state index in [2.05, 4.69) is 53.6 Å². The highest BCUT2D eigenvalue weighted by Crippen LogP contribution is 2.15. The molecule has 6 nitrogen and oxygen atoms in total. The molecule has 1 aromatic rings. The molecule has 1 unspecified atom stereocenters.